The number of piperidine rings is 1. The topological polar surface area (TPSA) is 84.0 Å². The fraction of sp³-hybridized carbons (Fsp3) is 0.467. The summed E-state index contributed by atoms with van der Waals surface area (Å²) < 4.78 is 45.2. The molecule has 11 heteroatoms. The third-order valence-corrected chi connectivity index (χ3v) is 7.87. The van der Waals surface area contributed by atoms with Gasteiger partial charge >= 0.3 is 0 Å². The zero-order valence-corrected chi connectivity index (χ0v) is 23.9. The van der Waals surface area contributed by atoms with Crippen LogP contribution in [-0.2, 0) is 12.8 Å². The molecule has 0 saturated carbocycles. The molecular weight excluding hydrogens is 530 g/mol. The number of benzene rings is 2. The zero-order valence-electron chi connectivity index (χ0n) is 23.9. The van der Waals surface area contributed by atoms with Gasteiger partial charge in [-0.05, 0) is 43.4 Å². The first-order valence-electron chi connectivity index (χ1n) is 14.0. The smallest absolute Gasteiger partial charge is 0.227 e. The second-order valence-corrected chi connectivity index (χ2v) is 10.3. The molecule has 1 unspecified atom stereocenters. The van der Waals surface area contributed by atoms with Crippen molar-refractivity contribution in [3.05, 3.63) is 59.4 Å². The van der Waals surface area contributed by atoms with E-state index in [0.29, 0.717) is 18.4 Å². The predicted octanol–water partition coefficient (Wildman–Crippen LogP) is 4.18. The van der Waals surface area contributed by atoms with Gasteiger partial charge in [0.15, 0.2) is 23.1 Å². The molecule has 0 aliphatic carbocycles. The first-order chi connectivity index (χ1) is 20.0. The van der Waals surface area contributed by atoms with Gasteiger partial charge in [0, 0.05) is 81.1 Å². The van der Waals surface area contributed by atoms with Crippen molar-refractivity contribution < 1.29 is 23.0 Å². The summed E-state index contributed by atoms with van der Waals surface area (Å²) in [6.45, 7) is 6.30. The van der Waals surface area contributed by atoms with E-state index in [4.69, 9.17) is 14.2 Å². The molecule has 0 amide bonds. The van der Waals surface area contributed by atoms with Gasteiger partial charge < -0.3 is 29.7 Å². The van der Waals surface area contributed by atoms with Crippen molar-refractivity contribution >= 4 is 17.3 Å². The van der Waals surface area contributed by atoms with Crippen LogP contribution in [0.1, 0.15) is 24.0 Å². The van der Waals surface area contributed by atoms with Gasteiger partial charge in [-0.15, -0.1) is 0 Å². The van der Waals surface area contributed by atoms with Crippen LogP contribution in [0.3, 0.4) is 0 Å². The number of nitrogens with one attached hydrogen (secondary N) is 2. The Hall–Kier alpha value is -3.70. The van der Waals surface area contributed by atoms with E-state index in [0.717, 1.165) is 68.4 Å². The third kappa shape index (κ3) is 6.62. The van der Waals surface area contributed by atoms with Gasteiger partial charge in [0.25, 0.3) is 0 Å². The van der Waals surface area contributed by atoms with E-state index in [1.807, 2.05) is 12.1 Å². The summed E-state index contributed by atoms with van der Waals surface area (Å²) in [7, 11) is 4.36. The van der Waals surface area contributed by atoms with E-state index in [2.05, 4.69) is 36.5 Å². The molecule has 220 valence electrons. The molecule has 1 aromatic heterocycles. The maximum Gasteiger partial charge on any atom is 0.227 e. The molecule has 41 heavy (non-hydrogen) atoms. The molecule has 2 aromatic carbocycles. The van der Waals surface area contributed by atoms with Gasteiger partial charge in [0.2, 0.25) is 5.95 Å². The van der Waals surface area contributed by atoms with Crippen molar-refractivity contribution in [2.75, 3.05) is 70.8 Å². The summed E-state index contributed by atoms with van der Waals surface area (Å²) in [6, 6.07) is 7.81. The minimum absolute atomic E-state index is 0.0600. The van der Waals surface area contributed by atoms with Crippen LogP contribution >= 0.6 is 0 Å². The van der Waals surface area contributed by atoms with Crippen LogP contribution in [0.15, 0.2) is 36.7 Å². The van der Waals surface area contributed by atoms with Crippen molar-refractivity contribution in [3.63, 3.8) is 0 Å². The first-order valence-corrected chi connectivity index (χ1v) is 14.0. The number of aromatic nitrogens is 2. The molecular formula is C30H38F2N6O3. The average molecular weight is 569 g/mol. The number of hydrogen-bond acceptors (Lipinski definition) is 9. The predicted molar refractivity (Wildman–Crippen MR) is 155 cm³/mol. The summed E-state index contributed by atoms with van der Waals surface area (Å²) in [5.41, 5.74) is 2.54. The SMILES string of the molecule is COc1cc(Nc2ncc(CCc3c(F)c(OC)cc(OC)c3F)cn2)ccc1N1CCCC(N2CCNCC2)C1. The molecule has 2 saturated heterocycles. The number of nitrogens with zero attached hydrogens (tertiary/aromatic N) is 4. The lowest BCUT2D eigenvalue weighted by atomic mass is 10.0. The highest BCUT2D eigenvalue weighted by Crippen LogP contribution is 2.35. The van der Waals surface area contributed by atoms with Crippen molar-refractivity contribution in [1.82, 2.24) is 20.2 Å². The summed E-state index contributed by atoms with van der Waals surface area (Å²) >= 11 is 0. The lowest BCUT2D eigenvalue weighted by Crippen LogP contribution is -2.54. The number of anilines is 3. The van der Waals surface area contributed by atoms with Crippen molar-refractivity contribution in [2.45, 2.75) is 31.7 Å². The minimum Gasteiger partial charge on any atom is -0.495 e. The number of piperazine rings is 1. The second kappa shape index (κ2) is 13.3. The lowest BCUT2D eigenvalue weighted by molar-refractivity contribution is 0.156. The molecule has 0 bridgehead atoms. The van der Waals surface area contributed by atoms with Gasteiger partial charge in [-0.1, -0.05) is 0 Å². The van der Waals surface area contributed by atoms with E-state index in [1.165, 1.54) is 26.7 Å². The Morgan fingerprint density at radius 1 is 0.902 bits per heavy atom. The van der Waals surface area contributed by atoms with Crippen LogP contribution in [0.2, 0.25) is 0 Å². The Morgan fingerprint density at radius 2 is 1.59 bits per heavy atom. The average Bonchev–Trinajstić information content (AvgIpc) is 3.02. The Morgan fingerprint density at radius 3 is 2.24 bits per heavy atom. The Kier molecular flexibility index (Phi) is 9.35. The van der Waals surface area contributed by atoms with Crippen molar-refractivity contribution in [2.24, 2.45) is 0 Å². The molecule has 2 aliphatic rings. The van der Waals surface area contributed by atoms with Crippen LogP contribution in [0.5, 0.6) is 17.2 Å². The molecule has 2 fully saturated rings. The number of rotatable bonds is 10. The molecule has 0 radical (unpaired) electrons. The van der Waals surface area contributed by atoms with E-state index in [9.17, 15) is 8.78 Å². The van der Waals surface area contributed by atoms with E-state index >= 15 is 0 Å². The highest BCUT2D eigenvalue weighted by molar-refractivity contribution is 5.67. The number of halogens is 2. The maximum atomic E-state index is 14.7. The van der Waals surface area contributed by atoms with Gasteiger partial charge in [0.05, 0.1) is 27.0 Å². The summed E-state index contributed by atoms with van der Waals surface area (Å²) in [5, 5.41) is 6.67. The molecule has 9 nitrogen and oxygen atoms in total. The van der Waals surface area contributed by atoms with Gasteiger partial charge in [-0.3, -0.25) is 4.90 Å². The van der Waals surface area contributed by atoms with Gasteiger partial charge in [-0.25, -0.2) is 18.7 Å². The molecule has 2 aliphatic heterocycles. The van der Waals surface area contributed by atoms with Crippen LogP contribution in [0.4, 0.5) is 26.1 Å². The van der Waals surface area contributed by atoms with E-state index in [-0.39, 0.29) is 23.5 Å². The number of methoxy groups -OCH3 is 3. The summed E-state index contributed by atoms with van der Waals surface area (Å²) in [6.07, 6.45) is 6.13. The number of ether oxygens (including phenoxy) is 3. The standard InChI is InChI=1S/C30H38F2N6O3/c1-39-25-15-21(7-9-24(25)38-12-4-5-22(19-38)37-13-10-33-11-14-37)36-30-34-17-20(18-35-30)6-8-23-28(31)26(40-2)16-27(41-3)29(23)32/h7,9,15-18,22,33H,4-6,8,10-14,19H2,1-3H3,(H,34,35,36). The quantitative estimate of drug-likeness (QED) is 0.374. The van der Waals surface area contributed by atoms with Crippen LogP contribution < -0.4 is 29.7 Å². The van der Waals surface area contributed by atoms with Crippen LogP contribution in [0, 0.1) is 11.6 Å². The fourth-order valence-corrected chi connectivity index (χ4v) is 5.64. The molecule has 0 spiro atoms. The van der Waals surface area contributed by atoms with E-state index in [1.54, 1.807) is 19.5 Å². The van der Waals surface area contributed by atoms with Crippen LogP contribution in [-0.4, -0.2) is 81.5 Å². The molecule has 2 N–H and O–H groups in total. The summed E-state index contributed by atoms with van der Waals surface area (Å²) in [4.78, 5) is 13.8. The minimum atomic E-state index is -0.730. The Labute approximate surface area is 239 Å². The molecule has 1 atom stereocenters. The fourth-order valence-electron chi connectivity index (χ4n) is 5.64. The van der Waals surface area contributed by atoms with Crippen molar-refractivity contribution in [3.8, 4) is 17.2 Å². The Bertz CT molecular complexity index is 1290. The van der Waals surface area contributed by atoms with Crippen LogP contribution in [0.25, 0.3) is 0 Å². The zero-order chi connectivity index (χ0) is 28.8. The molecule has 5 rings (SSSR count). The van der Waals surface area contributed by atoms with Gasteiger partial charge in [0.1, 0.15) is 5.75 Å². The Balaban J connectivity index is 1.22. The third-order valence-electron chi connectivity index (χ3n) is 7.87. The monoisotopic (exact) mass is 568 g/mol. The van der Waals surface area contributed by atoms with Crippen molar-refractivity contribution in [1.29, 1.82) is 0 Å². The first kappa shape index (κ1) is 28.8. The molecule has 3 aromatic rings. The second-order valence-electron chi connectivity index (χ2n) is 10.3. The summed E-state index contributed by atoms with van der Waals surface area (Å²) in [5.74, 6) is -0.367. The molecule has 3 heterocycles. The highest BCUT2D eigenvalue weighted by Gasteiger charge is 2.27. The van der Waals surface area contributed by atoms with E-state index < -0.39 is 11.6 Å². The lowest BCUT2D eigenvalue weighted by Gasteiger charge is -2.42. The highest BCUT2D eigenvalue weighted by atomic mass is 19.1. The number of aryl methyl sites for hydroxylation is 1. The number of hydrogen-bond donors (Lipinski definition) is 2. The normalized spacial score (nSPS) is 17.8. The maximum absolute atomic E-state index is 14.7. The van der Waals surface area contributed by atoms with Gasteiger partial charge in [-0.2, -0.15) is 0 Å². The largest absolute Gasteiger partial charge is 0.495 e.